The van der Waals surface area contributed by atoms with E-state index in [4.69, 9.17) is 4.74 Å². The molecule has 9 nitrogen and oxygen atoms in total. The number of likely N-dealkylation sites (tertiary alicyclic amines) is 1. The fourth-order valence-corrected chi connectivity index (χ4v) is 4.87. The van der Waals surface area contributed by atoms with Crippen molar-refractivity contribution in [1.82, 2.24) is 24.2 Å². The molecule has 10 heteroatoms. The van der Waals surface area contributed by atoms with Gasteiger partial charge in [0.25, 0.3) is 0 Å². The summed E-state index contributed by atoms with van der Waals surface area (Å²) in [6.45, 7) is 1.26. The molecular weight excluding hydrogens is 418 g/mol. The summed E-state index contributed by atoms with van der Waals surface area (Å²) in [5.74, 6) is 1.46. The molecule has 3 heterocycles. The Kier molecular flexibility index (Phi) is 6.19. The van der Waals surface area contributed by atoms with Gasteiger partial charge in [0.15, 0.2) is 5.65 Å². The van der Waals surface area contributed by atoms with Gasteiger partial charge in [0.2, 0.25) is 15.9 Å². The average molecular weight is 444 g/mol. The Bertz CT molecular complexity index is 1160. The minimum absolute atomic E-state index is 0.0439. The minimum atomic E-state index is -3.68. The lowest BCUT2D eigenvalue weighted by molar-refractivity contribution is -0.132. The fraction of sp³-hybridized carbons (Fsp3) is 0.381. The quantitative estimate of drug-likeness (QED) is 0.597. The Morgan fingerprint density at radius 1 is 1.19 bits per heavy atom. The summed E-state index contributed by atoms with van der Waals surface area (Å²) in [6, 6.07) is 11.9. The number of piperidine rings is 1. The van der Waals surface area contributed by atoms with Gasteiger partial charge in [-0.3, -0.25) is 9.20 Å². The second-order valence-electron chi connectivity index (χ2n) is 7.49. The molecule has 4 rings (SSSR count). The zero-order valence-electron chi connectivity index (χ0n) is 17.3. The number of hydrogen-bond donors (Lipinski definition) is 1. The molecular formula is C21H25N5O4S. The zero-order valence-corrected chi connectivity index (χ0v) is 18.1. The number of carbonyl (C=O) groups excluding carboxylic acids is 1. The van der Waals surface area contributed by atoms with Crippen molar-refractivity contribution in [2.45, 2.75) is 30.1 Å². The highest BCUT2D eigenvalue weighted by Crippen LogP contribution is 2.26. The number of amides is 1. The number of nitrogens with one attached hydrogen (secondary N) is 1. The number of pyridine rings is 1. The number of benzene rings is 1. The second-order valence-corrected chi connectivity index (χ2v) is 9.26. The highest BCUT2D eigenvalue weighted by Gasteiger charge is 2.28. The molecule has 164 valence electrons. The van der Waals surface area contributed by atoms with Crippen LogP contribution in [0, 0.1) is 0 Å². The van der Waals surface area contributed by atoms with Crippen molar-refractivity contribution in [1.29, 1.82) is 0 Å². The van der Waals surface area contributed by atoms with Crippen molar-refractivity contribution in [2.24, 2.45) is 0 Å². The smallest absolute Gasteiger partial charge is 0.240 e. The van der Waals surface area contributed by atoms with Crippen LogP contribution in [0.4, 0.5) is 0 Å². The molecule has 31 heavy (non-hydrogen) atoms. The van der Waals surface area contributed by atoms with Crippen molar-refractivity contribution in [3.8, 4) is 5.75 Å². The molecule has 1 atom stereocenters. The molecule has 0 bridgehead atoms. The van der Waals surface area contributed by atoms with E-state index in [9.17, 15) is 13.2 Å². The van der Waals surface area contributed by atoms with Gasteiger partial charge in [-0.05, 0) is 49.2 Å². The summed E-state index contributed by atoms with van der Waals surface area (Å²) in [5, 5.41) is 8.53. The molecule has 1 aliphatic rings. The molecule has 1 fully saturated rings. The van der Waals surface area contributed by atoms with E-state index in [2.05, 4.69) is 14.9 Å². The van der Waals surface area contributed by atoms with Crippen molar-refractivity contribution in [3.05, 3.63) is 54.5 Å². The molecule has 1 aromatic carbocycles. The topological polar surface area (TPSA) is 106 Å². The Balaban J connectivity index is 1.34. The predicted octanol–water partition coefficient (Wildman–Crippen LogP) is 1.81. The maximum Gasteiger partial charge on any atom is 0.240 e. The number of hydrogen-bond acceptors (Lipinski definition) is 6. The number of aromatic nitrogens is 3. The molecule has 0 unspecified atom stereocenters. The van der Waals surface area contributed by atoms with Gasteiger partial charge in [0, 0.05) is 38.2 Å². The standard InChI is InChI=1S/C21H25N5O4S/c1-30-17-7-9-18(10-8-17)31(28,29)22-12-11-20(27)25-13-4-5-16(15-25)21-24-23-19-6-2-3-14-26(19)21/h2-3,6-10,14,16,22H,4-5,11-13,15H2,1H3/t16-/m1/s1. The molecule has 1 saturated heterocycles. The first-order valence-electron chi connectivity index (χ1n) is 10.2. The van der Waals surface area contributed by atoms with Gasteiger partial charge >= 0.3 is 0 Å². The van der Waals surface area contributed by atoms with Crippen LogP contribution in [0.5, 0.6) is 5.75 Å². The highest BCUT2D eigenvalue weighted by molar-refractivity contribution is 7.89. The lowest BCUT2D eigenvalue weighted by Crippen LogP contribution is -2.41. The van der Waals surface area contributed by atoms with E-state index in [0.29, 0.717) is 18.8 Å². The second kappa shape index (κ2) is 9.03. The number of carbonyl (C=O) groups is 1. The SMILES string of the molecule is COc1ccc(S(=O)(=O)NCCC(=O)N2CCC[C@@H](c3nnc4ccccn34)C2)cc1. The first kappa shape index (κ1) is 21.3. The highest BCUT2D eigenvalue weighted by atomic mass is 32.2. The minimum Gasteiger partial charge on any atom is -0.497 e. The van der Waals surface area contributed by atoms with Crippen molar-refractivity contribution in [2.75, 3.05) is 26.7 Å². The van der Waals surface area contributed by atoms with Gasteiger partial charge in [-0.25, -0.2) is 13.1 Å². The Labute approximate surface area is 181 Å². The molecule has 0 saturated carbocycles. The number of ether oxygens (including phenoxy) is 1. The van der Waals surface area contributed by atoms with Gasteiger partial charge in [0.05, 0.1) is 12.0 Å². The van der Waals surface area contributed by atoms with Crippen molar-refractivity contribution in [3.63, 3.8) is 0 Å². The van der Waals surface area contributed by atoms with Gasteiger partial charge in [-0.15, -0.1) is 10.2 Å². The normalized spacial score (nSPS) is 17.1. The molecule has 0 radical (unpaired) electrons. The van der Waals surface area contributed by atoms with Gasteiger partial charge in [-0.2, -0.15) is 0 Å². The van der Waals surface area contributed by atoms with Crippen LogP contribution in [0.3, 0.4) is 0 Å². The predicted molar refractivity (Wildman–Crippen MR) is 114 cm³/mol. The first-order valence-corrected chi connectivity index (χ1v) is 11.7. The van der Waals surface area contributed by atoms with Crippen LogP contribution in [0.25, 0.3) is 5.65 Å². The fourth-order valence-electron chi connectivity index (χ4n) is 3.84. The third-order valence-electron chi connectivity index (χ3n) is 5.48. The van der Waals surface area contributed by atoms with E-state index in [1.165, 1.54) is 19.2 Å². The van der Waals surface area contributed by atoms with Crippen molar-refractivity contribution >= 4 is 21.6 Å². The largest absolute Gasteiger partial charge is 0.497 e. The summed E-state index contributed by atoms with van der Waals surface area (Å²) in [4.78, 5) is 14.6. The van der Waals surface area contributed by atoms with Crippen LogP contribution < -0.4 is 9.46 Å². The summed E-state index contributed by atoms with van der Waals surface area (Å²) in [6.07, 6.45) is 3.83. The van der Waals surface area contributed by atoms with Crippen LogP contribution in [-0.2, 0) is 14.8 Å². The van der Waals surface area contributed by atoms with Crippen LogP contribution in [-0.4, -0.2) is 60.6 Å². The number of rotatable bonds is 7. The maximum atomic E-state index is 12.7. The lowest BCUT2D eigenvalue weighted by atomic mass is 9.97. The van der Waals surface area contributed by atoms with E-state index in [1.54, 1.807) is 17.0 Å². The molecule has 0 spiro atoms. The Hall–Kier alpha value is -2.98. The van der Waals surface area contributed by atoms with Crippen LogP contribution in [0.1, 0.15) is 31.0 Å². The number of nitrogens with zero attached hydrogens (tertiary/aromatic N) is 4. The van der Waals surface area contributed by atoms with Crippen LogP contribution in [0.15, 0.2) is 53.6 Å². The summed E-state index contributed by atoms with van der Waals surface area (Å²) in [7, 11) is -2.16. The summed E-state index contributed by atoms with van der Waals surface area (Å²) < 4.78 is 34.4. The van der Waals surface area contributed by atoms with Crippen LogP contribution in [0.2, 0.25) is 0 Å². The van der Waals surface area contributed by atoms with Gasteiger partial charge in [0.1, 0.15) is 11.6 Å². The van der Waals surface area contributed by atoms with Gasteiger partial charge in [-0.1, -0.05) is 6.07 Å². The molecule has 3 aromatic rings. The number of fused-ring (bicyclic) bond motifs is 1. The lowest BCUT2D eigenvalue weighted by Gasteiger charge is -2.32. The molecule has 0 aliphatic carbocycles. The zero-order chi connectivity index (χ0) is 21.8. The van der Waals surface area contributed by atoms with E-state index in [0.717, 1.165) is 24.3 Å². The van der Waals surface area contributed by atoms with Crippen LogP contribution >= 0.6 is 0 Å². The monoisotopic (exact) mass is 443 g/mol. The average Bonchev–Trinajstić information content (AvgIpc) is 3.23. The summed E-state index contributed by atoms with van der Waals surface area (Å²) in [5.41, 5.74) is 0.786. The van der Waals surface area contributed by atoms with E-state index < -0.39 is 10.0 Å². The third kappa shape index (κ3) is 4.70. The molecule has 1 N–H and O–H groups in total. The maximum absolute atomic E-state index is 12.7. The van der Waals surface area contributed by atoms with Gasteiger partial charge < -0.3 is 9.64 Å². The molecule has 2 aromatic heterocycles. The molecule has 1 amide bonds. The Morgan fingerprint density at radius 3 is 2.77 bits per heavy atom. The Morgan fingerprint density at radius 2 is 2.00 bits per heavy atom. The number of sulfonamides is 1. The third-order valence-corrected chi connectivity index (χ3v) is 6.96. The number of methoxy groups -OCH3 is 1. The summed E-state index contributed by atoms with van der Waals surface area (Å²) >= 11 is 0. The van der Waals surface area contributed by atoms with E-state index in [1.807, 2.05) is 28.8 Å². The first-order chi connectivity index (χ1) is 15.0. The molecule has 1 aliphatic heterocycles. The van der Waals surface area contributed by atoms with E-state index in [-0.39, 0.29) is 29.7 Å². The van der Waals surface area contributed by atoms with E-state index >= 15 is 0 Å². The van der Waals surface area contributed by atoms with Crippen molar-refractivity contribution < 1.29 is 17.9 Å².